The van der Waals surface area contributed by atoms with Gasteiger partial charge >= 0.3 is 0 Å². The number of rotatable bonds is 4. The summed E-state index contributed by atoms with van der Waals surface area (Å²) >= 11 is 0. The first-order valence-corrected chi connectivity index (χ1v) is 7.48. The Balaban J connectivity index is 1.68. The molecule has 2 aliphatic heterocycles. The van der Waals surface area contributed by atoms with Crippen LogP contribution in [0.3, 0.4) is 0 Å². The summed E-state index contributed by atoms with van der Waals surface area (Å²) in [5, 5.41) is 3.72. The smallest absolute Gasteiger partial charge is 0.161 e. The van der Waals surface area contributed by atoms with E-state index in [0.29, 0.717) is 6.04 Å². The molecule has 2 bridgehead atoms. The van der Waals surface area contributed by atoms with E-state index in [9.17, 15) is 0 Å². The van der Waals surface area contributed by atoms with Gasteiger partial charge in [-0.15, -0.1) is 0 Å². The van der Waals surface area contributed by atoms with E-state index in [4.69, 9.17) is 9.47 Å². The molecule has 0 saturated carbocycles. The molecule has 2 aliphatic rings. The predicted octanol–water partition coefficient (Wildman–Crippen LogP) is 2.03. The highest BCUT2D eigenvalue weighted by Gasteiger charge is 2.29. The zero-order valence-corrected chi connectivity index (χ0v) is 12.4. The lowest BCUT2D eigenvalue weighted by molar-refractivity contribution is 0.250. The van der Waals surface area contributed by atoms with Gasteiger partial charge in [0.05, 0.1) is 14.2 Å². The number of ether oxygens (including phenoxy) is 2. The van der Waals surface area contributed by atoms with Gasteiger partial charge in [0, 0.05) is 31.7 Å². The molecule has 0 aliphatic carbocycles. The van der Waals surface area contributed by atoms with Gasteiger partial charge < -0.3 is 14.8 Å². The fourth-order valence-electron chi connectivity index (χ4n) is 3.40. The van der Waals surface area contributed by atoms with Crippen LogP contribution in [0, 0.1) is 0 Å². The molecule has 1 aromatic carbocycles. The number of benzene rings is 1. The Morgan fingerprint density at radius 3 is 2.70 bits per heavy atom. The average Bonchev–Trinajstić information content (AvgIpc) is 2.81. The number of likely N-dealkylation sites (tertiary alicyclic amines) is 1. The summed E-state index contributed by atoms with van der Waals surface area (Å²) in [5.74, 6) is 1.62. The number of fused-ring (bicyclic) bond motifs is 2. The van der Waals surface area contributed by atoms with Crippen molar-refractivity contribution in [1.29, 1.82) is 0 Å². The number of hydrogen-bond acceptors (Lipinski definition) is 4. The van der Waals surface area contributed by atoms with E-state index in [1.54, 1.807) is 14.2 Å². The van der Waals surface area contributed by atoms with Crippen LogP contribution in [0.25, 0.3) is 0 Å². The van der Waals surface area contributed by atoms with Crippen molar-refractivity contribution < 1.29 is 9.47 Å². The van der Waals surface area contributed by atoms with E-state index >= 15 is 0 Å². The molecule has 2 heterocycles. The third kappa shape index (κ3) is 2.91. The summed E-state index contributed by atoms with van der Waals surface area (Å²) in [7, 11) is 3.37. The Labute approximate surface area is 121 Å². The maximum Gasteiger partial charge on any atom is 0.161 e. The second-order valence-corrected chi connectivity index (χ2v) is 5.85. The average molecular weight is 276 g/mol. The summed E-state index contributed by atoms with van der Waals surface area (Å²) in [5.41, 5.74) is 1.29. The summed E-state index contributed by atoms with van der Waals surface area (Å²) in [6.07, 6.45) is 3.95. The number of nitrogens with zero attached hydrogens (tertiary/aromatic N) is 1. The lowest BCUT2D eigenvalue weighted by Gasteiger charge is -2.24. The van der Waals surface area contributed by atoms with Crippen molar-refractivity contribution in [3.8, 4) is 11.5 Å². The third-order valence-corrected chi connectivity index (χ3v) is 4.46. The van der Waals surface area contributed by atoms with Gasteiger partial charge in [0.2, 0.25) is 0 Å². The summed E-state index contributed by atoms with van der Waals surface area (Å²) in [4.78, 5) is 2.55. The first-order chi connectivity index (χ1) is 9.78. The summed E-state index contributed by atoms with van der Waals surface area (Å²) in [6, 6.07) is 7.65. The van der Waals surface area contributed by atoms with E-state index in [0.717, 1.165) is 30.6 Å². The third-order valence-electron chi connectivity index (χ3n) is 4.46. The fraction of sp³-hybridized carbons (Fsp3) is 0.625. The van der Waals surface area contributed by atoms with E-state index in [1.165, 1.54) is 31.4 Å². The molecule has 1 N–H and O–H groups in total. The molecule has 4 heteroatoms. The quantitative estimate of drug-likeness (QED) is 0.912. The van der Waals surface area contributed by atoms with Crippen molar-refractivity contribution in [3.05, 3.63) is 23.8 Å². The first-order valence-electron chi connectivity index (χ1n) is 7.48. The monoisotopic (exact) mass is 276 g/mol. The Morgan fingerprint density at radius 2 is 1.90 bits per heavy atom. The predicted molar refractivity (Wildman–Crippen MR) is 79.4 cm³/mol. The van der Waals surface area contributed by atoms with Crippen LogP contribution in [0.1, 0.15) is 24.8 Å². The first kappa shape index (κ1) is 13.7. The van der Waals surface area contributed by atoms with Crippen LogP contribution in [0.5, 0.6) is 11.5 Å². The normalized spacial score (nSPS) is 26.3. The molecular weight excluding hydrogens is 252 g/mol. The van der Waals surface area contributed by atoms with Gasteiger partial charge in [0.15, 0.2) is 11.5 Å². The molecule has 3 rings (SSSR count). The van der Waals surface area contributed by atoms with Crippen molar-refractivity contribution in [3.63, 3.8) is 0 Å². The molecule has 2 saturated heterocycles. The Bertz CT molecular complexity index is 464. The highest BCUT2D eigenvalue weighted by molar-refractivity contribution is 5.42. The number of nitrogens with one attached hydrogen (secondary N) is 1. The maximum atomic E-state index is 5.38. The second-order valence-electron chi connectivity index (χ2n) is 5.85. The van der Waals surface area contributed by atoms with E-state index in [-0.39, 0.29) is 0 Å². The molecule has 2 fully saturated rings. The van der Waals surface area contributed by atoms with Gasteiger partial charge in [-0.1, -0.05) is 6.07 Å². The van der Waals surface area contributed by atoms with Crippen LogP contribution >= 0.6 is 0 Å². The molecular formula is C16H24N2O2. The standard InChI is InChI=1S/C16H24N2O2/c1-19-15-6-3-12(9-16(15)20-2)10-18-8-7-13-4-5-14(11-18)17-13/h3,6,9,13-14,17H,4-5,7-8,10-11H2,1-2H3. The molecule has 1 aromatic rings. The molecule has 4 nitrogen and oxygen atoms in total. The number of hydrogen-bond donors (Lipinski definition) is 1. The van der Waals surface area contributed by atoms with Crippen molar-refractivity contribution in [2.45, 2.75) is 37.9 Å². The zero-order chi connectivity index (χ0) is 13.9. The SMILES string of the molecule is COc1ccc(CN2CCC3CCC(C2)N3)cc1OC. The molecule has 0 amide bonds. The van der Waals surface area contributed by atoms with Crippen LogP contribution in [0.4, 0.5) is 0 Å². The molecule has 0 spiro atoms. The Kier molecular flexibility index (Phi) is 4.13. The van der Waals surface area contributed by atoms with Gasteiger partial charge in [-0.3, -0.25) is 4.90 Å². The van der Waals surface area contributed by atoms with Gasteiger partial charge in [-0.2, -0.15) is 0 Å². The molecule has 2 unspecified atom stereocenters. The fourth-order valence-corrected chi connectivity index (χ4v) is 3.40. The zero-order valence-electron chi connectivity index (χ0n) is 12.4. The molecule has 0 radical (unpaired) electrons. The lowest BCUT2D eigenvalue weighted by Crippen LogP contribution is -2.34. The van der Waals surface area contributed by atoms with Gasteiger partial charge in [-0.25, -0.2) is 0 Å². The van der Waals surface area contributed by atoms with Crippen molar-refractivity contribution in [1.82, 2.24) is 10.2 Å². The van der Waals surface area contributed by atoms with Crippen molar-refractivity contribution >= 4 is 0 Å². The van der Waals surface area contributed by atoms with Crippen molar-refractivity contribution in [2.24, 2.45) is 0 Å². The van der Waals surface area contributed by atoms with Crippen LogP contribution in [0.2, 0.25) is 0 Å². The van der Waals surface area contributed by atoms with Crippen molar-refractivity contribution in [2.75, 3.05) is 27.3 Å². The van der Waals surface area contributed by atoms with Gasteiger partial charge in [0.1, 0.15) is 0 Å². The minimum atomic E-state index is 0.683. The van der Waals surface area contributed by atoms with Gasteiger partial charge in [-0.05, 0) is 37.0 Å². The highest BCUT2D eigenvalue weighted by Crippen LogP contribution is 2.28. The minimum absolute atomic E-state index is 0.683. The van der Waals surface area contributed by atoms with Crippen LogP contribution in [-0.2, 0) is 6.54 Å². The van der Waals surface area contributed by atoms with Crippen LogP contribution in [-0.4, -0.2) is 44.3 Å². The summed E-state index contributed by atoms with van der Waals surface area (Å²) < 4.78 is 10.7. The van der Waals surface area contributed by atoms with Crippen LogP contribution in [0.15, 0.2) is 18.2 Å². The molecule has 2 atom stereocenters. The number of methoxy groups -OCH3 is 2. The highest BCUT2D eigenvalue weighted by atomic mass is 16.5. The van der Waals surface area contributed by atoms with E-state index < -0.39 is 0 Å². The van der Waals surface area contributed by atoms with E-state index in [2.05, 4.69) is 22.3 Å². The molecule has 0 aromatic heterocycles. The Hall–Kier alpha value is -1.26. The van der Waals surface area contributed by atoms with Gasteiger partial charge in [0.25, 0.3) is 0 Å². The maximum absolute atomic E-state index is 5.38. The second kappa shape index (κ2) is 6.02. The Morgan fingerprint density at radius 1 is 1.10 bits per heavy atom. The van der Waals surface area contributed by atoms with E-state index in [1.807, 2.05) is 6.07 Å². The topological polar surface area (TPSA) is 33.7 Å². The summed E-state index contributed by atoms with van der Waals surface area (Å²) in [6.45, 7) is 3.33. The van der Waals surface area contributed by atoms with Crippen LogP contribution < -0.4 is 14.8 Å². The lowest BCUT2D eigenvalue weighted by atomic mass is 10.1. The molecule has 110 valence electrons. The molecule has 20 heavy (non-hydrogen) atoms. The largest absolute Gasteiger partial charge is 0.493 e. The minimum Gasteiger partial charge on any atom is -0.493 e.